The fraction of sp³-hybridized carbons (Fsp3) is 0.522. The lowest BCUT2D eigenvalue weighted by Crippen LogP contribution is -2.46. The summed E-state index contributed by atoms with van der Waals surface area (Å²) in [6, 6.07) is 6.25. The molecule has 1 aromatic carbocycles. The van der Waals surface area contributed by atoms with Crippen LogP contribution in [0.1, 0.15) is 18.5 Å². The maximum absolute atomic E-state index is 13.4. The molecule has 12 heteroatoms. The number of morpholine rings is 1. The van der Waals surface area contributed by atoms with E-state index in [1.54, 1.807) is 29.2 Å². The highest BCUT2D eigenvalue weighted by molar-refractivity contribution is 7.91. The van der Waals surface area contributed by atoms with Gasteiger partial charge in [-0.3, -0.25) is 0 Å². The Morgan fingerprint density at radius 2 is 1.89 bits per heavy atom. The van der Waals surface area contributed by atoms with Gasteiger partial charge in [0.15, 0.2) is 0 Å². The van der Waals surface area contributed by atoms with E-state index in [0.29, 0.717) is 55.7 Å². The third-order valence-electron chi connectivity index (χ3n) is 6.04. The fourth-order valence-electron chi connectivity index (χ4n) is 4.25. The Morgan fingerprint density at radius 1 is 1.17 bits per heavy atom. The Balaban J connectivity index is 1.54. The van der Waals surface area contributed by atoms with Gasteiger partial charge in [0, 0.05) is 30.2 Å². The molecule has 0 bridgehead atoms. The van der Waals surface area contributed by atoms with E-state index in [1.807, 2.05) is 0 Å². The largest absolute Gasteiger partial charge is 0.406 e. The van der Waals surface area contributed by atoms with Crippen LogP contribution in [-0.4, -0.2) is 80.5 Å². The number of benzene rings is 1. The third kappa shape index (κ3) is 6.61. The summed E-state index contributed by atoms with van der Waals surface area (Å²) in [5, 5.41) is 6.54. The van der Waals surface area contributed by atoms with Crippen LogP contribution < -0.4 is 10.6 Å². The average molecular weight is 513 g/mol. The standard InChI is InChI=1S/C23H27F3N4O4S/c24-23(25,26)16-30-18(3-2-8-27-22(31)29-9-11-34-12-10-29)15-19-20(4-1-5-21(19)30)28-17-6-13-35(32,33)14-7-17/h1,4-5,15,17,28H,6-14,16H2,(H,27,31). The van der Waals surface area contributed by atoms with Crippen LogP contribution in [0.5, 0.6) is 0 Å². The minimum Gasteiger partial charge on any atom is -0.382 e. The molecule has 35 heavy (non-hydrogen) atoms. The summed E-state index contributed by atoms with van der Waals surface area (Å²) in [7, 11) is -3.03. The van der Waals surface area contributed by atoms with Gasteiger partial charge >= 0.3 is 12.2 Å². The molecule has 3 heterocycles. The van der Waals surface area contributed by atoms with Crippen molar-refractivity contribution in [2.45, 2.75) is 31.6 Å². The van der Waals surface area contributed by atoms with Gasteiger partial charge in [0.2, 0.25) is 0 Å². The smallest absolute Gasteiger partial charge is 0.382 e. The van der Waals surface area contributed by atoms with E-state index < -0.39 is 22.6 Å². The number of alkyl halides is 3. The Hall–Kier alpha value is -2.91. The Bertz CT molecular complexity index is 1230. The van der Waals surface area contributed by atoms with E-state index in [1.165, 1.54) is 0 Å². The number of nitrogens with one attached hydrogen (secondary N) is 2. The predicted octanol–water partition coefficient (Wildman–Crippen LogP) is 2.59. The number of carbonyl (C=O) groups is 1. The molecule has 0 aliphatic carbocycles. The van der Waals surface area contributed by atoms with Gasteiger partial charge in [-0.1, -0.05) is 12.0 Å². The first kappa shape index (κ1) is 25.2. The van der Waals surface area contributed by atoms with Crippen molar-refractivity contribution in [2.24, 2.45) is 0 Å². The van der Waals surface area contributed by atoms with Crippen LogP contribution in [0.3, 0.4) is 0 Å². The van der Waals surface area contributed by atoms with Gasteiger partial charge in [0.05, 0.1) is 42.5 Å². The van der Waals surface area contributed by atoms with Crippen LogP contribution in [0.25, 0.3) is 10.9 Å². The molecule has 0 radical (unpaired) electrons. The second-order valence-electron chi connectivity index (χ2n) is 8.60. The molecule has 8 nitrogen and oxygen atoms in total. The number of nitrogens with zero attached hydrogens (tertiary/aromatic N) is 2. The van der Waals surface area contributed by atoms with Crippen LogP contribution in [0.4, 0.5) is 23.7 Å². The Morgan fingerprint density at radius 3 is 2.57 bits per heavy atom. The molecule has 2 saturated heterocycles. The molecular formula is C23H27F3N4O4S. The normalized spacial score (nSPS) is 18.7. The summed E-state index contributed by atoms with van der Waals surface area (Å²) in [5.74, 6) is 5.70. The quantitative estimate of drug-likeness (QED) is 0.615. The second-order valence-corrected chi connectivity index (χ2v) is 10.9. The fourth-order valence-corrected chi connectivity index (χ4v) is 5.74. The first-order valence-electron chi connectivity index (χ1n) is 11.4. The minimum atomic E-state index is -4.45. The number of sulfone groups is 1. The molecule has 0 saturated carbocycles. The lowest BCUT2D eigenvalue weighted by Gasteiger charge is -2.26. The van der Waals surface area contributed by atoms with Gasteiger partial charge in [0.25, 0.3) is 0 Å². The lowest BCUT2D eigenvalue weighted by molar-refractivity contribution is -0.140. The monoisotopic (exact) mass is 512 g/mol. The maximum Gasteiger partial charge on any atom is 0.406 e. The molecule has 1 aromatic heterocycles. The number of hydrogen-bond donors (Lipinski definition) is 2. The zero-order valence-corrected chi connectivity index (χ0v) is 19.8. The number of anilines is 1. The molecule has 2 fully saturated rings. The van der Waals surface area contributed by atoms with E-state index >= 15 is 0 Å². The topological polar surface area (TPSA) is 92.7 Å². The van der Waals surface area contributed by atoms with Crippen molar-refractivity contribution >= 4 is 32.5 Å². The Labute approximate surface area is 201 Å². The van der Waals surface area contributed by atoms with Gasteiger partial charge in [-0.2, -0.15) is 13.2 Å². The average Bonchev–Trinajstić information content (AvgIpc) is 3.15. The summed E-state index contributed by atoms with van der Waals surface area (Å²) in [5.41, 5.74) is 1.19. The van der Waals surface area contributed by atoms with Crippen molar-refractivity contribution in [3.05, 3.63) is 30.0 Å². The number of ether oxygens (including phenoxy) is 1. The number of hydrogen-bond acceptors (Lipinski definition) is 5. The van der Waals surface area contributed by atoms with E-state index in [4.69, 9.17) is 4.74 Å². The third-order valence-corrected chi connectivity index (χ3v) is 7.76. The van der Waals surface area contributed by atoms with Gasteiger partial charge in [-0.25, -0.2) is 13.2 Å². The van der Waals surface area contributed by atoms with E-state index in [9.17, 15) is 26.4 Å². The highest BCUT2D eigenvalue weighted by Crippen LogP contribution is 2.31. The maximum atomic E-state index is 13.4. The minimum absolute atomic E-state index is 0.00854. The van der Waals surface area contributed by atoms with Crippen molar-refractivity contribution < 1.29 is 31.1 Å². The van der Waals surface area contributed by atoms with Crippen molar-refractivity contribution in [3.8, 4) is 11.8 Å². The number of amides is 2. The van der Waals surface area contributed by atoms with Gasteiger partial charge < -0.3 is 24.8 Å². The molecule has 4 rings (SSSR count). The van der Waals surface area contributed by atoms with Crippen LogP contribution >= 0.6 is 0 Å². The van der Waals surface area contributed by atoms with Crippen molar-refractivity contribution in [2.75, 3.05) is 49.7 Å². The molecule has 2 N–H and O–H groups in total. The summed E-state index contributed by atoms with van der Waals surface area (Å²) in [6.45, 7) is 0.661. The number of halogens is 3. The molecule has 2 amide bonds. The number of fused-ring (bicyclic) bond motifs is 1. The van der Waals surface area contributed by atoms with Gasteiger partial charge in [-0.05, 0) is 37.0 Å². The second kappa shape index (κ2) is 10.4. The molecule has 2 aliphatic heterocycles. The number of aromatic nitrogens is 1. The first-order chi connectivity index (χ1) is 16.6. The number of carbonyl (C=O) groups excluding carboxylic acids is 1. The van der Waals surface area contributed by atoms with E-state index in [2.05, 4.69) is 22.5 Å². The molecule has 0 spiro atoms. The summed E-state index contributed by atoms with van der Waals surface area (Å²) < 4.78 is 69.8. The van der Waals surface area contributed by atoms with E-state index in [-0.39, 0.29) is 35.8 Å². The lowest BCUT2D eigenvalue weighted by atomic mass is 10.1. The zero-order chi connectivity index (χ0) is 25.1. The number of rotatable bonds is 4. The molecular weight excluding hydrogens is 485 g/mol. The van der Waals surface area contributed by atoms with Crippen LogP contribution in [0.15, 0.2) is 24.3 Å². The Kier molecular flexibility index (Phi) is 7.47. The molecule has 190 valence electrons. The summed E-state index contributed by atoms with van der Waals surface area (Å²) in [6.07, 6.45) is -3.57. The summed E-state index contributed by atoms with van der Waals surface area (Å²) in [4.78, 5) is 13.8. The predicted molar refractivity (Wildman–Crippen MR) is 126 cm³/mol. The van der Waals surface area contributed by atoms with Crippen molar-refractivity contribution in [1.82, 2.24) is 14.8 Å². The molecule has 0 atom stereocenters. The van der Waals surface area contributed by atoms with Gasteiger partial charge in [-0.15, -0.1) is 0 Å². The van der Waals surface area contributed by atoms with Crippen LogP contribution in [-0.2, 0) is 21.1 Å². The van der Waals surface area contributed by atoms with Crippen LogP contribution in [0.2, 0.25) is 0 Å². The zero-order valence-electron chi connectivity index (χ0n) is 19.0. The number of urea groups is 1. The molecule has 0 unspecified atom stereocenters. The van der Waals surface area contributed by atoms with Crippen LogP contribution in [0, 0.1) is 11.8 Å². The first-order valence-corrected chi connectivity index (χ1v) is 13.2. The highest BCUT2D eigenvalue weighted by Gasteiger charge is 2.30. The highest BCUT2D eigenvalue weighted by atomic mass is 32.2. The SMILES string of the molecule is O=C(NCC#Cc1cc2c(NC3CCS(=O)(=O)CC3)cccc2n1CC(F)(F)F)N1CCOCC1. The van der Waals surface area contributed by atoms with Gasteiger partial charge in [0.1, 0.15) is 16.4 Å². The van der Waals surface area contributed by atoms with Crippen molar-refractivity contribution in [1.29, 1.82) is 0 Å². The van der Waals surface area contributed by atoms with E-state index in [0.717, 1.165) is 4.57 Å². The van der Waals surface area contributed by atoms with Crippen molar-refractivity contribution in [3.63, 3.8) is 0 Å². The summed E-state index contributed by atoms with van der Waals surface area (Å²) >= 11 is 0. The molecule has 2 aliphatic rings. The molecule has 2 aromatic rings.